The molecule has 0 bridgehead atoms. The normalized spacial score (nSPS) is 11.5. The van der Waals surface area contributed by atoms with Crippen molar-refractivity contribution in [2.75, 3.05) is 0 Å². The molecule has 0 saturated carbocycles. The second kappa shape index (κ2) is 11.7. The van der Waals surface area contributed by atoms with Crippen LogP contribution in [0.1, 0.15) is 51.7 Å². The van der Waals surface area contributed by atoms with Gasteiger partial charge in [0.2, 0.25) is 0 Å². The minimum absolute atomic E-state index is 0.0184. The van der Waals surface area contributed by atoms with Gasteiger partial charge in [-0.1, -0.05) is 29.4 Å². The molecule has 0 fully saturated rings. The standard InChI is InChI=1S/C16H20O2.2C2H4O2/c1-11(2)4-3-5-12-6-8-14-13(10-12)7-9-15(17)16(14)18;2*1-2(3)4/h4,6-7,9,17-18H,3,5,8,10H2,1-2H3;2*1H3,(H,3,4). The molecule has 1 aliphatic rings. The van der Waals surface area contributed by atoms with Crippen LogP contribution in [-0.2, 0) is 22.4 Å². The van der Waals surface area contributed by atoms with Crippen molar-refractivity contribution < 1.29 is 30.0 Å². The van der Waals surface area contributed by atoms with Gasteiger partial charge in [0, 0.05) is 19.4 Å². The van der Waals surface area contributed by atoms with Crippen molar-refractivity contribution in [3.8, 4) is 11.5 Å². The van der Waals surface area contributed by atoms with Crippen LogP contribution in [0.4, 0.5) is 0 Å². The lowest BCUT2D eigenvalue weighted by molar-refractivity contribution is -0.135. The highest BCUT2D eigenvalue weighted by atomic mass is 16.4. The summed E-state index contributed by atoms with van der Waals surface area (Å²) in [6.07, 6.45) is 8.20. The number of hydrogen-bond acceptors (Lipinski definition) is 4. The molecule has 0 unspecified atom stereocenters. The lowest BCUT2D eigenvalue weighted by Gasteiger charge is -2.18. The van der Waals surface area contributed by atoms with Gasteiger partial charge in [0.05, 0.1) is 0 Å². The minimum atomic E-state index is -0.833. The van der Waals surface area contributed by atoms with Gasteiger partial charge < -0.3 is 20.4 Å². The number of carbonyl (C=O) groups is 2. The molecular weight excluding hydrogens is 336 g/mol. The number of carboxylic acid groups (broad SMARTS) is 2. The van der Waals surface area contributed by atoms with E-state index >= 15 is 0 Å². The van der Waals surface area contributed by atoms with Crippen molar-refractivity contribution in [1.82, 2.24) is 0 Å². The Hall–Kier alpha value is -2.76. The summed E-state index contributed by atoms with van der Waals surface area (Å²) in [5, 5.41) is 34.1. The fraction of sp³-hybridized carbons (Fsp3) is 0.400. The average molecular weight is 364 g/mol. The van der Waals surface area contributed by atoms with Gasteiger partial charge in [-0.05, 0) is 51.2 Å². The zero-order valence-corrected chi connectivity index (χ0v) is 15.7. The fourth-order valence-electron chi connectivity index (χ4n) is 2.36. The molecule has 6 heteroatoms. The van der Waals surface area contributed by atoms with E-state index < -0.39 is 11.9 Å². The Morgan fingerprint density at radius 1 is 1.04 bits per heavy atom. The first-order valence-corrected chi connectivity index (χ1v) is 8.27. The number of carboxylic acids is 2. The van der Waals surface area contributed by atoms with Gasteiger partial charge in [0.25, 0.3) is 11.9 Å². The number of hydrogen-bond donors (Lipinski definition) is 4. The van der Waals surface area contributed by atoms with E-state index in [1.165, 1.54) is 11.1 Å². The number of phenols is 2. The Balaban J connectivity index is 0.000000662. The lowest BCUT2D eigenvalue weighted by atomic mass is 9.88. The van der Waals surface area contributed by atoms with Crippen LogP contribution >= 0.6 is 0 Å². The van der Waals surface area contributed by atoms with Crippen molar-refractivity contribution in [2.24, 2.45) is 0 Å². The molecule has 0 amide bonds. The Labute approximate surface area is 154 Å². The van der Waals surface area contributed by atoms with Crippen molar-refractivity contribution in [3.63, 3.8) is 0 Å². The van der Waals surface area contributed by atoms with E-state index in [9.17, 15) is 10.2 Å². The smallest absolute Gasteiger partial charge is 0.300 e. The predicted molar refractivity (Wildman–Crippen MR) is 101 cm³/mol. The number of fused-ring (bicyclic) bond motifs is 1. The second-order valence-corrected chi connectivity index (χ2v) is 6.17. The maximum atomic E-state index is 9.79. The van der Waals surface area contributed by atoms with E-state index in [2.05, 4.69) is 26.0 Å². The van der Waals surface area contributed by atoms with E-state index in [-0.39, 0.29) is 11.5 Å². The van der Waals surface area contributed by atoms with E-state index in [4.69, 9.17) is 19.8 Å². The summed E-state index contributed by atoms with van der Waals surface area (Å²) in [5.74, 6) is -1.64. The molecular formula is C20H28O6. The van der Waals surface area contributed by atoms with Crippen LogP contribution in [0.5, 0.6) is 11.5 Å². The molecule has 144 valence electrons. The van der Waals surface area contributed by atoms with Gasteiger partial charge in [0.15, 0.2) is 11.5 Å². The molecule has 1 aliphatic carbocycles. The van der Waals surface area contributed by atoms with Crippen molar-refractivity contribution >= 4 is 11.9 Å². The molecule has 6 nitrogen and oxygen atoms in total. The summed E-state index contributed by atoms with van der Waals surface area (Å²) in [5.41, 5.74) is 4.79. The fourth-order valence-corrected chi connectivity index (χ4v) is 2.36. The molecule has 0 aliphatic heterocycles. The largest absolute Gasteiger partial charge is 0.504 e. The van der Waals surface area contributed by atoms with Gasteiger partial charge in [-0.25, -0.2) is 0 Å². The Morgan fingerprint density at radius 3 is 2.08 bits per heavy atom. The van der Waals surface area contributed by atoms with E-state index in [1.54, 1.807) is 6.07 Å². The summed E-state index contributed by atoms with van der Waals surface area (Å²) < 4.78 is 0. The zero-order valence-electron chi connectivity index (χ0n) is 15.7. The third-order valence-corrected chi connectivity index (χ3v) is 3.39. The average Bonchev–Trinajstić information content (AvgIpc) is 2.49. The Morgan fingerprint density at radius 2 is 1.58 bits per heavy atom. The molecule has 26 heavy (non-hydrogen) atoms. The quantitative estimate of drug-likeness (QED) is 0.475. The molecule has 2 rings (SSSR count). The first kappa shape index (κ1) is 23.2. The molecule has 0 aromatic heterocycles. The van der Waals surface area contributed by atoms with Crippen molar-refractivity contribution in [1.29, 1.82) is 0 Å². The van der Waals surface area contributed by atoms with Crippen molar-refractivity contribution in [3.05, 3.63) is 46.6 Å². The van der Waals surface area contributed by atoms with Gasteiger partial charge >= 0.3 is 0 Å². The van der Waals surface area contributed by atoms with Gasteiger partial charge in [0.1, 0.15) is 0 Å². The van der Waals surface area contributed by atoms with E-state index in [0.29, 0.717) is 0 Å². The molecule has 4 N–H and O–H groups in total. The number of phenolic OH excluding ortho intramolecular Hbond substituents is 2. The van der Waals surface area contributed by atoms with Gasteiger partial charge in [-0.15, -0.1) is 0 Å². The SMILES string of the molecule is CC(=O)O.CC(=O)O.CC(C)=CCCC1=CCc2c(ccc(O)c2O)C1. The maximum Gasteiger partial charge on any atom is 0.300 e. The molecule has 0 atom stereocenters. The second-order valence-electron chi connectivity index (χ2n) is 6.17. The Bertz CT molecular complexity index is 662. The highest BCUT2D eigenvalue weighted by Crippen LogP contribution is 2.36. The first-order chi connectivity index (χ1) is 12.0. The molecule has 0 spiro atoms. The summed E-state index contributed by atoms with van der Waals surface area (Å²) in [7, 11) is 0. The molecule has 0 radical (unpaired) electrons. The number of aliphatic carboxylic acids is 2. The summed E-state index contributed by atoms with van der Waals surface area (Å²) in [6.45, 7) is 6.40. The highest BCUT2D eigenvalue weighted by Gasteiger charge is 2.16. The van der Waals surface area contributed by atoms with Crippen molar-refractivity contribution in [2.45, 2.75) is 53.4 Å². The lowest BCUT2D eigenvalue weighted by Crippen LogP contribution is -2.03. The first-order valence-electron chi connectivity index (χ1n) is 8.27. The van der Waals surface area contributed by atoms with Crippen LogP contribution in [0, 0.1) is 0 Å². The highest BCUT2D eigenvalue weighted by molar-refractivity contribution is 5.63. The number of rotatable bonds is 3. The van der Waals surface area contributed by atoms with Gasteiger partial charge in [-0.3, -0.25) is 9.59 Å². The zero-order chi connectivity index (χ0) is 20.3. The van der Waals surface area contributed by atoms with Gasteiger partial charge in [-0.2, -0.15) is 0 Å². The number of benzene rings is 1. The third-order valence-electron chi connectivity index (χ3n) is 3.39. The van der Waals surface area contributed by atoms with Crippen LogP contribution in [0.3, 0.4) is 0 Å². The summed E-state index contributed by atoms with van der Waals surface area (Å²) in [6, 6.07) is 3.49. The molecule has 1 aromatic carbocycles. The number of aromatic hydroxyl groups is 2. The van der Waals surface area contributed by atoms with Crippen LogP contribution in [0.2, 0.25) is 0 Å². The monoisotopic (exact) mass is 364 g/mol. The van der Waals surface area contributed by atoms with E-state index in [1.807, 2.05) is 6.07 Å². The topological polar surface area (TPSA) is 115 Å². The Kier molecular flexibility index (Phi) is 10.5. The summed E-state index contributed by atoms with van der Waals surface area (Å²) >= 11 is 0. The van der Waals surface area contributed by atoms with Crippen LogP contribution in [0.15, 0.2) is 35.4 Å². The molecule has 0 heterocycles. The number of allylic oxidation sites excluding steroid dienone is 4. The van der Waals surface area contributed by atoms with E-state index in [0.717, 1.165) is 50.7 Å². The van der Waals surface area contributed by atoms with Crippen LogP contribution < -0.4 is 0 Å². The third kappa shape index (κ3) is 10.2. The predicted octanol–water partition coefficient (Wildman–Crippen LogP) is 4.05. The van der Waals surface area contributed by atoms with Crippen LogP contribution in [-0.4, -0.2) is 32.4 Å². The molecule has 1 aromatic rings. The minimum Gasteiger partial charge on any atom is -0.504 e. The summed E-state index contributed by atoms with van der Waals surface area (Å²) in [4.78, 5) is 18.0. The maximum absolute atomic E-state index is 9.79. The molecule has 0 saturated heterocycles. The van der Waals surface area contributed by atoms with Crippen LogP contribution in [0.25, 0.3) is 0 Å².